The number of halogens is 3. The highest BCUT2D eigenvalue weighted by Crippen LogP contribution is 2.43. The van der Waals surface area contributed by atoms with Gasteiger partial charge in [-0.05, 0) is 30.8 Å². The molecule has 3 amide bonds. The van der Waals surface area contributed by atoms with Gasteiger partial charge in [0.15, 0.2) is 12.5 Å². The van der Waals surface area contributed by atoms with Gasteiger partial charge in [-0.3, -0.25) is 19.3 Å². The van der Waals surface area contributed by atoms with Crippen molar-refractivity contribution in [1.29, 1.82) is 0 Å². The lowest BCUT2D eigenvalue weighted by molar-refractivity contribution is -0.129. The number of benzene rings is 3. The maximum atomic E-state index is 15.6. The number of hydrogen-bond donors (Lipinski definition) is 2. The summed E-state index contributed by atoms with van der Waals surface area (Å²) in [5.74, 6) is -1.23. The summed E-state index contributed by atoms with van der Waals surface area (Å²) in [5, 5.41) is 6.10. The second kappa shape index (κ2) is 12.6. The van der Waals surface area contributed by atoms with Crippen LogP contribution in [0.2, 0.25) is 10.0 Å². The first-order valence-corrected chi connectivity index (χ1v) is 15.3. The zero-order valence-corrected chi connectivity index (χ0v) is 27.1. The van der Waals surface area contributed by atoms with E-state index < -0.39 is 23.9 Å². The summed E-state index contributed by atoms with van der Waals surface area (Å²) in [6, 6.07) is 13.5. The largest absolute Gasteiger partial charge is 0.496 e. The van der Waals surface area contributed by atoms with Crippen LogP contribution in [0.4, 0.5) is 10.1 Å². The topological polar surface area (TPSA) is 107 Å². The third-order valence-electron chi connectivity index (χ3n) is 8.57. The lowest BCUT2D eigenvalue weighted by Crippen LogP contribution is -2.34. The predicted molar refractivity (Wildman–Crippen MR) is 173 cm³/mol. The Bertz CT molecular complexity index is 1790. The molecule has 0 bridgehead atoms. The third kappa shape index (κ3) is 5.91. The molecule has 3 aromatic rings. The molecule has 2 N–H and O–H groups in total. The highest BCUT2D eigenvalue weighted by Gasteiger charge is 2.50. The average molecular weight is 669 g/mol. The van der Waals surface area contributed by atoms with Crippen LogP contribution in [0, 0.1) is 5.82 Å². The zero-order valence-electron chi connectivity index (χ0n) is 25.6. The normalized spacial score (nSPS) is 20.7. The lowest BCUT2D eigenvalue weighted by atomic mass is 9.97. The van der Waals surface area contributed by atoms with Gasteiger partial charge in [0.2, 0.25) is 5.91 Å². The number of amides is 3. The van der Waals surface area contributed by atoms with E-state index in [1.165, 1.54) is 24.3 Å². The molecule has 3 atom stereocenters. The van der Waals surface area contributed by atoms with Crippen LogP contribution >= 0.6 is 23.2 Å². The van der Waals surface area contributed by atoms with E-state index in [2.05, 4.69) is 10.6 Å². The smallest absolute Gasteiger partial charge is 0.262 e. The summed E-state index contributed by atoms with van der Waals surface area (Å²) < 4.78 is 26.7. The molecular formula is C33H32Cl2FN5O5. The first kappa shape index (κ1) is 31.8. The van der Waals surface area contributed by atoms with Crippen LogP contribution < -0.4 is 15.4 Å². The fraction of sp³-hybridized carbons (Fsp3) is 0.303. The van der Waals surface area contributed by atoms with Crippen LogP contribution in [0.5, 0.6) is 5.75 Å². The van der Waals surface area contributed by atoms with Gasteiger partial charge in [0.1, 0.15) is 17.1 Å². The molecule has 2 saturated heterocycles. The Morgan fingerprint density at radius 2 is 1.78 bits per heavy atom. The summed E-state index contributed by atoms with van der Waals surface area (Å²) >= 11 is 13.8. The average Bonchev–Trinajstić information content (AvgIpc) is 3.74. The second-order valence-electron chi connectivity index (χ2n) is 11.5. The van der Waals surface area contributed by atoms with Gasteiger partial charge >= 0.3 is 0 Å². The molecule has 3 aromatic carbocycles. The number of carbonyl (C=O) groups excluding carboxylic acids is 3. The number of likely N-dealkylation sites (N-methyl/N-ethyl adjacent to an activating group) is 3. The number of ether oxygens (including phenoxy) is 2. The highest BCUT2D eigenvalue weighted by atomic mass is 35.5. The molecule has 3 heterocycles. The minimum Gasteiger partial charge on any atom is -0.496 e. The monoisotopic (exact) mass is 667 g/mol. The van der Waals surface area contributed by atoms with Gasteiger partial charge < -0.3 is 29.9 Å². The molecule has 0 saturated carbocycles. The van der Waals surface area contributed by atoms with Gasteiger partial charge in [0.05, 0.1) is 22.8 Å². The Hall–Kier alpha value is -4.16. The molecule has 3 aliphatic heterocycles. The van der Waals surface area contributed by atoms with E-state index in [1.54, 1.807) is 61.5 Å². The van der Waals surface area contributed by atoms with Crippen LogP contribution in [-0.4, -0.2) is 85.7 Å². The molecule has 6 rings (SSSR count). The van der Waals surface area contributed by atoms with Gasteiger partial charge in [0, 0.05) is 68.1 Å². The van der Waals surface area contributed by atoms with Crippen molar-refractivity contribution in [2.75, 3.05) is 40.1 Å². The molecule has 0 aromatic heterocycles. The number of methoxy groups -OCH3 is 1. The van der Waals surface area contributed by atoms with Crippen molar-refractivity contribution in [1.82, 2.24) is 20.0 Å². The van der Waals surface area contributed by atoms with Crippen molar-refractivity contribution in [2.24, 2.45) is 0 Å². The summed E-state index contributed by atoms with van der Waals surface area (Å²) in [6.07, 6.45) is 1.11. The number of epoxide rings is 1. The van der Waals surface area contributed by atoms with Crippen molar-refractivity contribution in [3.05, 3.63) is 81.7 Å². The molecular weight excluding hydrogens is 636 g/mol. The molecule has 10 nitrogen and oxygen atoms in total. The van der Waals surface area contributed by atoms with Crippen molar-refractivity contribution in [2.45, 2.75) is 31.5 Å². The number of fused-ring (bicyclic) bond motifs is 1. The summed E-state index contributed by atoms with van der Waals surface area (Å²) in [6.45, 7) is 0.759. The van der Waals surface area contributed by atoms with Crippen molar-refractivity contribution >= 4 is 46.6 Å². The van der Waals surface area contributed by atoms with E-state index in [9.17, 15) is 14.4 Å². The lowest BCUT2D eigenvalue weighted by Gasteiger charge is -2.24. The number of rotatable bonds is 8. The molecule has 2 unspecified atom stereocenters. The second-order valence-corrected chi connectivity index (χ2v) is 12.3. The zero-order chi connectivity index (χ0) is 32.9. The minimum atomic E-state index is -0.618. The summed E-state index contributed by atoms with van der Waals surface area (Å²) in [5.41, 5.74) is 2.74. The molecule has 46 heavy (non-hydrogen) atoms. The van der Waals surface area contributed by atoms with Gasteiger partial charge in [-0.15, -0.1) is 0 Å². The fourth-order valence-corrected chi connectivity index (χ4v) is 6.45. The Morgan fingerprint density at radius 3 is 2.48 bits per heavy atom. The van der Waals surface area contributed by atoms with E-state index >= 15 is 4.39 Å². The van der Waals surface area contributed by atoms with Gasteiger partial charge in [0.25, 0.3) is 11.8 Å². The Morgan fingerprint density at radius 1 is 1.09 bits per heavy atom. The van der Waals surface area contributed by atoms with E-state index in [0.717, 1.165) is 0 Å². The fourth-order valence-electron chi connectivity index (χ4n) is 5.84. The Labute approximate surface area is 275 Å². The number of nitrogens with one attached hydrogen (secondary N) is 2. The van der Waals surface area contributed by atoms with Crippen LogP contribution in [0.25, 0.3) is 22.3 Å². The highest BCUT2D eigenvalue weighted by molar-refractivity contribution is 6.40. The van der Waals surface area contributed by atoms with Crippen LogP contribution in [0.3, 0.4) is 0 Å². The van der Waals surface area contributed by atoms with Crippen LogP contribution in [0.15, 0.2) is 60.3 Å². The molecule has 2 fully saturated rings. The molecule has 3 aliphatic rings. The predicted octanol–water partition coefficient (Wildman–Crippen LogP) is 4.70. The van der Waals surface area contributed by atoms with Crippen molar-refractivity contribution in [3.8, 4) is 28.0 Å². The number of carbonyl (C=O) groups is 3. The maximum Gasteiger partial charge on any atom is 0.262 e. The third-order valence-corrected chi connectivity index (χ3v) is 9.38. The number of anilines is 1. The van der Waals surface area contributed by atoms with E-state index in [4.69, 9.17) is 32.7 Å². The van der Waals surface area contributed by atoms with Crippen molar-refractivity contribution in [3.63, 3.8) is 0 Å². The minimum absolute atomic E-state index is 0.0262. The van der Waals surface area contributed by atoms with E-state index in [-0.39, 0.29) is 41.0 Å². The molecule has 0 radical (unpaired) electrons. The Kier molecular flexibility index (Phi) is 8.68. The van der Waals surface area contributed by atoms with E-state index in [0.29, 0.717) is 51.6 Å². The quantitative estimate of drug-likeness (QED) is 0.265. The van der Waals surface area contributed by atoms with Gasteiger partial charge in [-0.2, -0.15) is 0 Å². The van der Waals surface area contributed by atoms with Gasteiger partial charge in [-0.1, -0.05) is 53.5 Å². The molecule has 13 heteroatoms. The van der Waals surface area contributed by atoms with Crippen molar-refractivity contribution < 1.29 is 28.2 Å². The summed E-state index contributed by atoms with van der Waals surface area (Å²) in [4.78, 5) is 42.9. The van der Waals surface area contributed by atoms with Crippen LogP contribution in [0.1, 0.15) is 12.0 Å². The first-order valence-electron chi connectivity index (χ1n) is 14.6. The molecule has 240 valence electrons. The van der Waals surface area contributed by atoms with Crippen LogP contribution in [-0.2, 0) is 25.7 Å². The molecule has 0 spiro atoms. The SMILES string of the molecule is COc1cc(-c2cccc(-c3cccc(NC(=O)C4=CN(C)C5OC5N(C)C4=O)c3Cl)c2Cl)cc(F)c1CN(C)[C@@H]1CNC(=O)C1. The van der Waals surface area contributed by atoms with E-state index in [1.807, 2.05) is 11.9 Å². The number of hydrogen-bond acceptors (Lipinski definition) is 7. The molecule has 0 aliphatic carbocycles. The summed E-state index contributed by atoms with van der Waals surface area (Å²) in [7, 11) is 6.64. The first-order chi connectivity index (χ1) is 22.0. The standard InChI is InChI=1S/C33H32Cl2FN5O5/c1-39(18-13-27(42)37-14-18)15-22-24(36)11-17(12-26(22)45-4)19-7-5-8-20(28(19)34)21-9-6-10-25(29(21)35)38-30(43)23-16-40(2)32-33(46-32)41(3)31(23)44/h5-12,16,18,32-33H,13-15H2,1-4H3,(H,37,42)(H,38,43)/t18-,32?,33?/m0/s1. The van der Waals surface area contributed by atoms with Gasteiger partial charge in [-0.25, -0.2) is 4.39 Å². The maximum absolute atomic E-state index is 15.6. The number of nitrogens with zero attached hydrogens (tertiary/aromatic N) is 3. The Balaban J connectivity index is 1.28.